The Morgan fingerprint density at radius 1 is 0.237 bits per heavy atom. The van der Waals surface area contributed by atoms with Crippen molar-refractivity contribution in [3.05, 3.63) is 280 Å². The first-order chi connectivity index (χ1) is 47.2. The van der Waals surface area contributed by atoms with Crippen LogP contribution in [-0.2, 0) is 0 Å². The van der Waals surface area contributed by atoms with Gasteiger partial charge in [-0.2, -0.15) is 0 Å². The van der Waals surface area contributed by atoms with Crippen molar-refractivity contribution in [1.29, 1.82) is 0 Å². The average molecular weight is 1240 g/mol. The number of rotatable bonds is 6. The van der Waals surface area contributed by atoms with E-state index in [1.54, 1.807) is 0 Å². The zero-order valence-electron chi connectivity index (χ0n) is 56.3. The maximum atomic E-state index is 2.77. The second kappa shape index (κ2) is 19.3. The number of para-hydroxylation sites is 4. The van der Waals surface area contributed by atoms with Gasteiger partial charge in [0, 0.05) is 101 Å². The highest BCUT2D eigenvalue weighted by molar-refractivity contribution is 7.07. The standard InChI is InChI=1S/C88H67B3N6/c1-48-25-27-68-76(41-48)96-80-45-62(92(58-33-50(3)29-51(4)34-58)59-35-52(5)30-53(6)36-59)43-78-82(80)90(70-21-15-19-66-64-17-11-13-23-74(64)94(78)85(66)70)72-47-73-88-84(87(72)96)89(68)69-28-26-49(2)42-77(69)97(88)81-46-63(93(60-37-54(7)31-55(8)38-60)61-39-56(9)32-57(10)40-61)44-79-83(81)91(73)71-22-16-20-67-65-18-12-14-24-75(65)95(79)86(67)71/h11-47H,1-10H3. The predicted molar refractivity (Wildman–Crippen MR) is 415 cm³/mol. The Hall–Kier alpha value is -11.1. The molecule has 0 aliphatic carbocycles. The second-order valence-corrected chi connectivity index (χ2v) is 29.3. The fourth-order valence-electron chi connectivity index (χ4n) is 19.4. The highest BCUT2D eigenvalue weighted by Crippen LogP contribution is 2.52. The number of benzene rings is 13. The van der Waals surface area contributed by atoms with Gasteiger partial charge in [-0.15, -0.1) is 0 Å². The number of hydrogen-bond acceptors (Lipinski definition) is 4. The Morgan fingerprint density at radius 3 is 0.948 bits per heavy atom. The highest BCUT2D eigenvalue weighted by Gasteiger charge is 2.55. The van der Waals surface area contributed by atoms with Gasteiger partial charge in [0.05, 0.1) is 22.4 Å². The summed E-state index contributed by atoms with van der Waals surface area (Å²) in [7, 11) is 0. The summed E-state index contributed by atoms with van der Waals surface area (Å²) in [6.07, 6.45) is 0. The number of aryl methyl sites for hydroxylation is 10. The molecule has 6 aliphatic heterocycles. The number of nitrogens with zero attached hydrogens (tertiary/aromatic N) is 6. The van der Waals surface area contributed by atoms with Gasteiger partial charge in [-0.1, -0.05) is 127 Å². The van der Waals surface area contributed by atoms with Crippen LogP contribution in [-0.4, -0.2) is 29.3 Å². The molecule has 0 saturated carbocycles. The zero-order chi connectivity index (χ0) is 65.0. The van der Waals surface area contributed by atoms with Gasteiger partial charge in [0.2, 0.25) is 0 Å². The van der Waals surface area contributed by atoms with Crippen LogP contribution in [0, 0.1) is 69.2 Å². The van der Waals surface area contributed by atoms with Crippen LogP contribution in [0.15, 0.2) is 224 Å². The van der Waals surface area contributed by atoms with E-state index in [0.29, 0.717) is 0 Å². The van der Waals surface area contributed by atoms with E-state index in [0.717, 1.165) is 34.1 Å². The van der Waals surface area contributed by atoms with E-state index in [2.05, 4.69) is 322 Å². The normalized spacial score (nSPS) is 13.6. The second-order valence-electron chi connectivity index (χ2n) is 29.3. The van der Waals surface area contributed by atoms with E-state index < -0.39 is 0 Å². The molecule has 6 nitrogen and oxygen atoms in total. The Kier molecular flexibility index (Phi) is 11.0. The number of hydrogen-bond donors (Lipinski definition) is 0. The molecular formula is C88H67B3N6. The minimum absolute atomic E-state index is 0.0865. The van der Waals surface area contributed by atoms with Crippen LogP contribution in [0.4, 0.5) is 68.2 Å². The van der Waals surface area contributed by atoms with E-state index in [-0.39, 0.29) is 20.1 Å². The van der Waals surface area contributed by atoms with Crippen LogP contribution in [0.2, 0.25) is 0 Å². The number of aromatic nitrogens is 2. The summed E-state index contributed by atoms with van der Waals surface area (Å²) in [5, 5.41) is 5.11. The smallest absolute Gasteiger partial charge is 0.252 e. The maximum Gasteiger partial charge on any atom is 0.252 e. The zero-order valence-corrected chi connectivity index (χ0v) is 56.3. The molecule has 8 heterocycles. The molecule has 15 aromatic rings. The first-order valence-electron chi connectivity index (χ1n) is 34.6. The van der Waals surface area contributed by atoms with Gasteiger partial charge in [-0.25, -0.2) is 0 Å². The average Bonchev–Trinajstić information content (AvgIpc) is 1.50. The lowest BCUT2D eigenvalue weighted by Crippen LogP contribution is -2.72. The molecule has 97 heavy (non-hydrogen) atoms. The summed E-state index contributed by atoms with van der Waals surface area (Å²) in [6.45, 7) is 22.2. The van der Waals surface area contributed by atoms with Crippen LogP contribution >= 0.6 is 0 Å². The summed E-state index contributed by atoms with van der Waals surface area (Å²) in [6, 6.07) is 88.7. The van der Waals surface area contributed by atoms with Crippen LogP contribution in [0.25, 0.3) is 55.0 Å². The highest BCUT2D eigenvalue weighted by atomic mass is 15.2. The lowest BCUT2D eigenvalue weighted by molar-refractivity contribution is 1.16. The maximum absolute atomic E-state index is 2.77. The molecule has 0 atom stereocenters. The van der Waals surface area contributed by atoms with Crippen molar-refractivity contribution in [2.75, 3.05) is 19.6 Å². The van der Waals surface area contributed by atoms with Crippen molar-refractivity contribution >= 4 is 181 Å². The van der Waals surface area contributed by atoms with Crippen LogP contribution in [0.3, 0.4) is 0 Å². The summed E-state index contributed by atoms with van der Waals surface area (Å²) in [5.74, 6) is 0. The Morgan fingerprint density at radius 2 is 0.567 bits per heavy atom. The largest absolute Gasteiger partial charge is 0.312 e. The summed E-state index contributed by atoms with van der Waals surface area (Å²) >= 11 is 0. The molecular weight excluding hydrogens is 1170 g/mol. The Balaban J connectivity index is 0.939. The molecule has 6 aliphatic rings. The van der Waals surface area contributed by atoms with Crippen molar-refractivity contribution in [3.63, 3.8) is 0 Å². The number of fused-ring (bicyclic) bond motifs is 20. The molecule has 458 valence electrons. The lowest BCUT2D eigenvalue weighted by Gasteiger charge is -2.52. The molecule has 2 aromatic heterocycles. The van der Waals surface area contributed by atoms with Gasteiger partial charge >= 0.3 is 0 Å². The molecule has 9 heteroatoms. The molecule has 0 bridgehead atoms. The Bertz CT molecular complexity index is 5610. The van der Waals surface area contributed by atoms with E-state index in [9.17, 15) is 0 Å². The first kappa shape index (κ1) is 55.2. The van der Waals surface area contributed by atoms with Gasteiger partial charge in [-0.05, 0) is 271 Å². The van der Waals surface area contributed by atoms with E-state index in [4.69, 9.17) is 0 Å². The van der Waals surface area contributed by atoms with Crippen molar-refractivity contribution in [2.45, 2.75) is 69.2 Å². The molecule has 0 saturated heterocycles. The molecule has 0 unspecified atom stereocenters. The van der Waals surface area contributed by atoms with E-state index >= 15 is 0 Å². The third-order valence-electron chi connectivity index (χ3n) is 22.4. The van der Waals surface area contributed by atoms with Crippen molar-refractivity contribution in [1.82, 2.24) is 9.13 Å². The number of anilines is 12. The molecule has 0 amide bonds. The van der Waals surface area contributed by atoms with Gasteiger partial charge in [0.1, 0.15) is 0 Å². The van der Waals surface area contributed by atoms with Crippen molar-refractivity contribution < 1.29 is 0 Å². The molecule has 0 N–H and O–H groups in total. The van der Waals surface area contributed by atoms with Crippen LogP contribution in [0.1, 0.15) is 55.6 Å². The van der Waals surface area contributed by atoms with Crippen molar-refractivity contribution in [2.24, 2.45) is 0 Å². The van der Waals surface area contributed by atoms with Crippen LogP contribution < -0.4 is 68.8 Å². The first-order valence-corrected chi connectivity index (χ1v) is 34.6. The van der Waals surface area contributed by atoms with Crippen molar-refractivity contribution in [3.8, 4) is 11.4 Å². The molecule has 0 fully saturated rings. The third kappa shape index (κ3) is 7.38. The SMILES string of the molecule is Cc1cc(C)cc(N(c2cc(C)cc(C)c2)c2cc3c4c(c2)-n2c5ccccc5c5cccc(c52)B4c2cc4c5c6c2N3c2cc(C)ccc2B6c2ccc(C)cc2N5c2cc(N(c3cc(C)cc(C)c3)c3cc(C)cc(C)c3)cc3c2B4c2cccc4c5ccccc5n-3c24)c1. The fourth-order valence-corrected chi connectivity index (χ4v) is 19.4. The van der Waals surface area contributed by atoms with Gasteiger partial charge < -0.3 is 28.7 Å². The summed E-state index contributed by atoms with van der Waals surface area (Å²) in [5.41, 5.74) is 46.3. The topological polar surface area (TPSA) is 22.8 Å². The van der Waals surface area contributed by atoms with Gasteiger partial charge in [0.15, 0.2) is 0 Å². The third-order valence-corrected chi connectivity index (χ3v) is 22.4. The van der Waals surface area contributed by atoms with Crippen LogP contribution in [0.5, 0.6) is 0 Å². The summed E-state index contributed by atoms with van der Waals surface area (Å²) in [4.78, 5) is 10.7. The van der Waals surface area contributed by atoms with E-state index in [1.807, 2.05) is 0 Å². The monoisotopic (exact) mass is 1240 g/mol. The molecule has 13 aromatic carbocycles. The molecule has 0 spiro atoms. The summed E-state index contributed by atoms with van der Waals surface area (Å²) < 4.78 is 5.30. The Labute approximate surface area is 567 Å². The fraction of sp³-hybridized carbons (Fsp3) is 0.114. The molecule has 0 radical (unpaired) electrons. The molecule has 21 rings (SSSR count). The quantitative estimate of drug-likeness (QED) is 0.155. The van der Waals surface area contributed by atoms with E-state index in [1.165, 1.54) is 194 Å². The van der Waals surface area contributed by atoms with Gasteiger partial charge in [0.25, 0.3) is 20.1 Å². The minimum atomic E-state index is -0.124. The lowest BCUT2D eigenvalue weighted by atomic mass is 9.26. The predicted octanol–water partition coefficient (Wildman–Crippen LogP) is 16.3. The van der Waals surface area contributed by atoms with Gasteiger partial charge in [-0.3, -0.25) is 0 Å². The minimum Gasteiger partial charge on any atom is -0.312 e.